The lowest BCUT2D eigenvalue weighted by Crippen LogP contribution is -2.54. The third-order valence-corrected chi connectivity index (χ3v) is 8.13. The minimum absolute atomic E-state index is 0.0634. The van der Waals surface area contributed by atoms with Crippen LogP contribution in [0.5, 0.6) is 0 Å². The summed E-state index contributed by atoms with van der Waals surface area (Å²) in [5.74, 6) is 0.548. The van der Waals surface area contributed by atoms with Gasteiger partial charge in [-0.05, 0) is 51.2 Å². The average Bonchev–Trinajstić information content (AvgIpc) is 3.46. The van der Waals surface area contributed by atoms with Crippen LogP contribution in [0.25, 0.3) is 11.2 Å². The van der Waals surface area contributed by atoms with E-state index in [9.17, 15) is 14.3 Å². The number of rotatable bonds is 12. The Morgan fingerprint density at radius 2 is 2.00 bits per heavy atom. The fourth-order valence-electron chi connectivity index (χ4n) is 4.75. The Morgan fingerprint density at radius 3 is 2.70 bits per heavy atom. The molecule has 1 fully saturated rings. The average molecular weight is 571 g/mol. The molecule has 2 aliphatic rings. The van der Waals surface area contributed by atoms with E-state index in [4.69, 9.17) is 15.1 Å². The van der Waals surface area contributed by atoms with Crippen molar-refractivity contribution in [3.63, 3.8) is 0 Å². The molecular weight excluding hydrogens is 535 g/mol. The van der Waals surface area contributed by atoms with E-state index in [0.717, 1.165) is 6.54 Å². The number of allylic oxidation sites excluding steroid dienone is 1. The number of imidazole rings is 1. The number of nitrogens with two attached hydrogens (primary N) is 1. The van der Waals surface area contributed by atoms with Crippen LogP contribution >= 0.6 is 7.75 Å². The number of hydrogen-bond donors (Lipinski definition) is 4. The number of fused-ring (bicyclic) bond motifs is 1. The Kier molecular flexibility index (Phi) is 7.83. The lowest BCUT2D eigenvalue weighted by molar-refractivity contribution is -0.126. The van der Waals surface area contributed by atoms with E-state index in [1.54, 1.807) is 44.4 Å². The highest BCUT2D eigenvalue weighted by molar-refractivity contribution is 7.51. The minimum Gasteiger partial charge on any atom is -0.368 e. The normalized spacial score (nSPS) is 20.4. The molecule has 214 valence electrons. The molecule has 0 bridgehead atoms. The van der Waals surface area contributed by atoms with Crippen LogP contribution < -0.4 is 21.2 Å². The van der Waals surface area contributed by atoms with Crippen molar-refractivity contribution in [1.29, 1.82) is 0 Å². The van der Waals surface area contributed by atoms with Gasteiger partial charge in [0.1, 0.15) is 5.54 Å². The number of nitrogen functional groups attached to an aromatic ring is 1. The lowest BCUT2D eigenvalue weighted by Gasteiger charge is -2.36. The molecule has 1 aromatic carbocycles. The molecule has 0 aliphatic heterocycles. The van der Waals surface area contributed by atoms with Gasteiger partial charge >= 0.3 is 7.75 Å². The van der Waals surface area contributed by atoms with Gasteiger partial charge in [-0.1, -0.05) is 30.4 Å². The summed E-state index contributed by atoms with van der Waals surface area (Å²) in [5, 5.41) is 6.86. The van der Waals surface area contributed by atoms with Crippen molar-refractivity contribution in [1.82, 2.24) is 24.6 Å². The predicted molar refractivity (Wildman–Crippen MR) is 151 cm³/mol. The lowest BCUT2D eigenvalue weighted by atomic mass is 10.0. The van der Waals surface area contributed by atoms with Crippen LogP contribution in [0.3, 0.4) is 0 Å². The maximum atomic E-state index is 13.0. The molecule has 1 saturated carbocycles. The Labute approximate surface area is 232 Å². The zero-order valence-electron chi connectivity index (χ0n) is 22.7. The van der Waals surface area contributed by atoms with E-state index in [1.165, 1.54) is 25.0 Å². The number of nitrogens with one attached hydrogen (secondary N) is 2. The highest BCUT2D eigenvalue weighted by atomic mass is 31.2. The number of nitrogens with zero attached hydrogens (tertiary/aromatic N) is 5. The standard InChI is InChI=1S/C26H35N8O5P/c1-26(2,34(38-3)19-7-5-4-6-8-19)24(35)32-40(36,37)39-15-18-11-12-20(13-18)33-16-29-21-22(28-14-17-9-10-17)30-25(27)31-23(21)33/h4-8,11-12,16-18,20H,9-10,13-15H2,1-3H3,(H3,27,28,30,31)(H2,32,35,36,37)/t18-,20+/m1/s1. The van der Waals surface area contributed by atoms with Crippen molar-refractivity contribution in [2.45, 2.75) is 44.7 Å². The summed E-state index contributed by atoms with van der Waals surface area (Å²) in [6.45, 7) is 3.93. The van der Waals surface area contributed by atoms with Crippen LogP contribution in [0, 0.1) is 11.8 Å². The first-order valence-corrected chi connectivity index (χ1v) is 14.8. The zero-order valence-corrected chi connectivity index (χ0v) is 23.6. The van der Waals surface area contributed by atoms with Gasteiger partial charge in [-0.2, -0.15) is 9.97 Å². The molecule has 2 aliphatic carbocycles. The zero-order chi connectivity index (χ0) is 28.5. The first kappa shape index (κ1) is 28.0. The largest absolute Gasteiger partial charge is 0.432 e. The summed E-state index contributed by atoms with van der Waals surface area (Å²) in [5.41, 5.74) is 6.55. The van der Waals surface area contributed by atoms with Crippen molar-refractivity contribution < 1.29 is 23.6 Å². The Balaban J connectivity index is 1.19. The number of carbonyl (C=O) groups is 1. The summed E-state index contributed by atoms with van der Waals surface area (Å²) in [6.07, 6.45) is 8.61. The van der Waals surface area contributed by atoms with Gasteiger partial charge in [0, 0.05) is 12.5 Å². The van der Waals surface area contributed by atoms with Crippen LogP contribution in [0.4, 0.5) is 17.5 Å². The number of benzene rings is 1. The molecule has 13 nitrogen and oxygen atoms in total. The van der Waals surface area contributed by atoms with Crippen LogP contribution in [0.15, 0.2) is 48.8 Å². The molecule has 1 unspecified atom stereocenters. The van der Waals surface area contributed by atoms with Crippen LogP contribution in [0.2, 0.25) is 0 Å². The van der Waals surface area contributed by atoms with Crippen LogP contribution in [-0.2, 0) is 18.7 Å². The van der Waals surface area contributed by atoms with E-state index in [-0.39, 0.29) is 24.5 Å². The molecule has 2 aromatic heterocycles. The van der Waals surface area contributed by atoms with E-state index in [2.05, 4.69) is 25.4 Å². The van der Waals surface area contributed by atoms with Gasteiger partial charge in [-0.25, -0.2) is 14.6 Å². The number of amides is 1. The summed E-state index contributed by atoms with van der Waals surface area (Å²) in [6, 6.07) is 8.88. The third kappa shape index (κ3) is 6.12. The number of carbonyl (C=O) groups excluding carboxylic acids is 1. The third-order valence-electron chi connectivity index (χ3n) is 7.14. The fraction of sp³-hybridized carbons (Fsp3) is 0.462. The number of anilines is 3. The number of aromatic nitrogens is 4. The van der Waals surface area contributed by atoms with Gasteiger partial charge in [0.05, 0.1) is 31.8 Å². The maximum absolute atomic E-state index is 13.0. The SMILES string of the molecule is CON(c1ccccc1)C(C)(C)C(=O)NP(=O)(O)OC[C@@H]1C=C[C@H](n2cnc3c(NCC4CC4)nc(N)nc32)C1. The second kappa shape index (κ2) is 11.2. The number of hydrogen-bond acceptors (Lipinski definition) is 10. The van der Waals surface area contributed by atoms with Gasteiger partial charge in [0.15, 0.2) is 17.0 Å². The second-order valence-corrected chi connectivity index (χ2v) is 12.2. The summed E-state index contributed by atoms with van der Waals surface area (Å²) in [7, 11) is -3.04. The van der Waals surface area contributed by atoms with Gasteiger partial charge in [-0.15, -0.1) is 0 Å². The quantitative estimate of drug-likeness (QED) is 0.143. The molecule has 0 spiro atoms. The summed E-state index contributed by atoms with van der Waals surface area (Å²) in [4.78, 5) is 42.1. The number of para-hydroxylation sites is 1. The predicted octanol–water partition coefficient (Wildman–Crippen LogP) is 3.43. The Bertz CT molecular complexity index is 1440. The smallest absolute Gasteiger partial charge is 0.368 e. The minimum atomic E-state index is -4.46. The van der Waals surface area contributed by atoms with Gasteiger partial charge in [0.25, 0.3) is 5.91 Å². The van der Waals surface area contributed by atoms with Crippen molar-refractivity contribution in [3.8, 4) is 0 Å². The molecule has 5 rings (SSSR count). The second-order valence-electron chi connectivity index (χ2n) is 10.7. The molecule has 3 atom stereocenters. The van der Waals surface area contributed by atoms with E-state index in [1.807, 2.05) is 22.8 Å². The maximum Gasteiger partial charge on any atom is 0.432 e. The highest BCUT2D eigenvalue weighted by Crippen LogP contribution is 2.41. The topological polar surface area (TPSA) is 170 Å². The van der Waals surface area contributed by atoms with Crippen molar-refractivity contribution >= 4 is 42.3 Å². The van der Waals surface area contributed by atoms with Crippen molar-refractivity contribution in [3.05, 3.63) is 48.8 Å². The van der Waals surface area contributed by atoms with Gasteiger partial charge in [0.2, 0.25) is 5.95 Å². The summed E-state index contributed by atoms with van der Waals surface area (Å²) >= 11 is 0. The molecule has 40 heavy (non-hydrogen) atoms. The molecule has 14 heteroatoms. The van der Waals surface area contributed by atoms with Gasteiger partial charge < -0.3 is 20.5 Å². The van der Waals surface area contributed by atoms with Crippen LogP contribution in [-0.4, -0.2) is 56.1 Å². The first-order chi connectivity index (χ1) is 19.1. The van der Waals surface area contributed by atoms with Crippen molar-refractivity contribution in [2.75, 3.05) is 36.4 Å². The molecule has 3 aromatic rings. The Morgan fingerprint density at radius 1 is 1.25 bits per heavy atom. The number of hydroxylamine groups is 1. The van der Waals surface area contributed by atoms with E-state index < -0.39 is 19.2 Å². The van der Waals surface area contributed by atoms with E-state index >= 15 is 0 Å². The molecule has 1 amide bonds. The molecular formula is C26H35N8O5P. The van der Waals surface area contributed by atoms with E-state index in [0.29, 0.717) is 35.0 Å². The van der Waals surface area contributed by atoms with Gasteiger partial charge in [-0.3, -0.25) is 19.2 Å². The Hall–Kier alpha value is -3.51. The monoisotopic (exact) mass is 570 g/mol. The molecule has 2 heterocycles. The van der Waals surface area contributed by atoms with Crippen LogP contribution in [0.1, 0.15) is 39.2 Å². The first-order valence-electron chi connectivity index (χ1n) is 13.2. The molecule has 5 N–H and O–H groups in total. The van der Waals surface area contributed by atoms with Crippen molar-refractivity contribution in [2.24, 2.45) is 11.8 Å². The molecule has 0 radical (unpaired) electrons. The molecule has 0 saturated heterocycles. The fourth-order valence-corrected chi connectivity index (χ4v) is 5.74. The highest BCUT2D eigenvalue weighted by Gasteiger charge is 2.40. The summed E-state index contributed by atoms with van der Waals surface area (Å²) < 4.78 is 20.1.